The predicted octanol–water partition coefficient (Wildman–Crippen LogP) is 5.41. The Hall–Kier alpha value is -2.74. The van der Waals surface area contributed by atoms with Gasteiger partial charge in [-0.3, -0.25) is 4.90 Å². The van der Waals surface area contributed by atoms with Gasteiger partial charge < -0.3 is 24.3 Å². The molecule has 1 aliphatic heterocycles. The van der Waals surface area contributed by atoms with Crippen LogP contribution in [0.15, 0.2) is 48.7 Å². The van der Waals surface area contributed by atoms with Crippen molar-refractivity contribution in [1.82, 2.24) is 9.88 Å². The predicted molar refractivity (Wildman–Crippen MR) is 138 cm³/mol. The lowest BCUT2D eigenvalue weighted by molar-refractivity contribution is 0.0408. The first-order chi connectivity index (χ1) is 16.6. The number of nitrogens with zero attached hydrogens (tertiary/aromatic N) is 1. The molecule has 0 saturated carbocycles. The number of thiophene rings is 1. The second kappa shape index (κ2) is 9.86. The summed E-state index contributed by atoms with van der Waals surface area (Å²) in [6.45, 7) is 4.13. The normalized spacial score (nSPS) is 20.0. The van der Waals surface area contributed by atoms with Crippen LogP contribution in [0.5, 0.6) is 17.2 Å². The van der Waals surface area contributed by atoms with E-state index in [4.69, 9.17) is 14.2 Å². The molecule has 0 radical (unpaired) electrons. The van der Waals surface area contributed by atoms with Gasteiger partial charge in [0, 0.05) is 44.6 Å². The summed E-state index contributed by atoms with van der Waals surface area (Å²) < 4.78 is 18.3. The maximum Gasteiger partial charge on any atom is 0.169 e. The third kappa shape index (κ3) is 4.48. The maximum absolute atomic E-state index is 10.7. The molecule has 180 valence electrons. The number of hydrogen-bond acceptors (Lipinski definition) is 6. The van der Waals surface area contributed by atoms with Crippen LogP contribution in [0.1, 0.15) is 30.6 Å². The van der Waals surface area contributed by atoms with Gasteiger partial charge in [0.2, 0.25) is 0 Å². The Labute approximate surface area is 204 Å². The monoisotopic (exact) mass is 480 g/mol. The number of β-amino-alcohol motifs (C(OH)–C–C–N with tert-alkyl or cyclic N) is 1. The molecule has 0 amide bonds. The summed E-state index contributed by atoms with van der Waals surface area (Å²) in [5.41, 5.74) is 1.04. The van der Waals surface area contributed by atoms with Gasteiger partial charge in [-0.2, -0.15) is 0 Å². The first-order valence-electron chi connectivity index (χ1n) is 11.8. The summed E-state index contributed by atoms with van der Waals surface area (Å²) in [5, 5.41) is 12.9. The molecule has 34 heavy (non-hydrogen) atoms. The average Bonchev–Trinajstić information content (AvgIpc) is 3.50. The highest BCUT2D eigenvalue weighted by Gasteiger charge is 2.29. The largest absolute Gasteiger partial charge is 0.493 e. The van der Waals surface area contributed by atoms with E-state index in [1.807, 2.05) is 47.9 Å². The van der Waals surface area contributed by atoms with Gasteiger partial charge in [0.1, 0.15) is 18.5 Å². The van der Waals surface area contributed by atoms with Crippen LogP contribution in [0, 0.1) is 0 Å². The van der Waals surface area contributed by atoms with Crippen LogP contribution >= 0.6 is 11.3 Å². The number of rotatable bonds is 8. The fourth-order valence-electron chi connectivity index (χ4n) is 5.10. The Bertz CT molecular complexity index is 1270. The average molecular weight is 481 g/mol. The summed E-state index contributed by atoms with van der Waals surface area (Å²) in [6.07, 6.45) is 3.52. The van der Waals surface area contributed by atoms with Crippen molar-refractivity contribution in [2.24, 2.45) is 0 Å². The molecule has 1 aliphatic rings. The number of piperidine rings is 1. The van der Waals surface area contributed by atoms with E-state index in [9.17, 15) is 5.11 Å². The molecule has 2 aromatic heterocycles. The summed E-state index contributed by atoms with van der Waals surface area (Å²) in [7, 11) is 3.37. The number of nitrogens with one attached hydrogen (secondary N) is 1. The molecule has 6 nitrogen and oxygen atoms in total. The lowest BCUT2D eigenvalue weighted by Crippen LogP contribution is -2.45. The number of fused-ring (bicyclic) bond motifs is 2. The van der Waals surface area contributed by atoms with Crippen LogP contribution in [0.25, 0.3) is 21.0 Å². The van der Waals surface area contributed by atoms with Crippen molar-refractivity contribution < 1.29 is 19.3 Å². The molecule has 0 bridgehead atoms. The van der Waals surface area contributed by atoms with Gasteiger partial charge in [0.25, 0.3) is 0 Å². The first kappa shape index (κ1) is 23.0. The van der Waals surface area contributed by atoms with Gasteiger partial charge in [-0.1, -0.05) is 6.07 Å². The number of hydrogen-bond donors (Lipinski definition) is 2. The molecular formula is C27H32N2O4S. The van der Waals surface area contributed by atoms with Crippen molar-refractivity contribution in [2.75, 3.05) is 33.9 Å². The van der Waals surface area contributed by atoms with Gasteiger partial charge in [-0.25, -0.2) is 0 Å². The topological polar surface area (TPSA) is 67.0 Å². The molecule has 1 fully saturated rings. The number of methoxy groups -OCH3 is 2. The highest BCUT2D eigenvalue weighted by molar-refractivity contribution is 7.19. The Morgan fingerprint density at radius 2 is 2.00 bits per heavy atom. The van der Waals surface area contributed by atoms with Crippen LogP contribution in [-0.2, 0) is 0 Å². The molecule has 0 aliphatic carbocycles. The molecule has 1 saturated heterocycles. The van der Waals surface area contributed by atoms with Gasteiger partial charge in [0.05, 0.1) is 14.2 Å². The van der Waals surface area contributed by atoms with Crippen LogP contribution in [0.3, 0.4) is 0 Å². The van der Waals surface area contributed by atoms with Crippen molar-refractivity contribution in [3.05, 3.63) is 53.5 Å². The number of aliphatic hydroxyl groups excluding tert-OH is 1. The van der Waals surface area contributed by atoms with Gasteiger partial charge in [-0.15, -0.1) is 11.3 Å². The summed E-state index contributed by atoms with van der Waals surface area (Å²) >= 11 is 1.85. The molecular weight excluding hydrogens is 448 g/mol. The van der Waals surface area contributed by atoms with Crippen molar-refractivity contribution in [2.45, 2.75) is 37.8 Å². The van der Waals surface area contributed by atoms with Crippen molar-refractivity contribution in [3.63, 3.8) is 0 Å². The summed E-state index contributed by atoms with van der Waals surface area (Å²) in [5.74, 6) is 2.90. The van der Waals surface area contributed by atoms with Crippen molar-refractivity contribution in [3.8, 4) is 17.2 Å². The van der Waals surface area contributed by atoms with E-state index < -0.39 is 6.10 Å². The highest BCUT2D eigenvalue weighted by atomic mass is 32.1. The maximum atomic E-state index is 10.7. The molecule has 2 aromatic carbocycles. The van der Waals surface area contributed by atoms with Gasteiger partial charge in [0.15, 0.2) is 11.5 Å². The number of aromatic amines is 1. The molecule has 7 heteroatoms. The zero-order chi connectivity index (χ0) is 23.7. The van der Waals surface area contributed by atoms with E-state index in [-0.39, 0.29) is 6.61 Å². The van der Waals surface area contributed by atoms with Gasteiger partial charge in [-0.05, 0) is 68.6 Å². The SMILES string of the molecule is COc1ccc2sc([C@H]3CCN(CC(O)COc4cccc5[nH]ccc45)[C@@H](C)C3)cc2c1OC. The molecule has 3 heterocycles. The number of H-pyrrole nitrogens is 1. The van der Waals surface area contributed by atoms with Gasteiger partial charge >= 0.3 is 0 Å². The molecule has 1 unspecified atom stereocenters. The zero-order valence-corrected chi connectivity index (χ0v) is 20.7. The van der Waals surface area contributed by atoms with E-state index in [2.05, 4.69) is 28.9 Å². The minimum atomic E-state index is -0.533. The highest BCUT2D eigenvalue weighted by Crippen LogP contribution is 2.44. The Morgan fingerprint density at radius 3 is 2.79 bits per heavy atom. The number of likely N-dealkylation sites (tertiary alicyclic amines) is 1. The number of ether oxygens (including phenoxy) is 3. The molecule has 0 spiro atoms. The minimum absolute atomic E-state index is 0.287. The van der Waals surface area contributed by atoms with Crippen LogP contribution in [0.4, 0.5) is 0 Å². The minimum Gasteiger partial charge on any atom is -0.493 e. The fourth-order valence-corrected chi connectivity index (χ4v) is 6.31. The lowest BCUT2D eigenvalue weighted by Gasteiger charge is -2.38. The number of aromatic nitrogens is 1. The first-order valence-corrected chi connectivity index (χ1v) is 12.6. The lowest BCUT2D eigenvalue weighted by atomic mass is 9.90. The third-order valence-corrected chi connectivity index (χ3v) is 8.17. The van der Waals surface area contributed by atoms with E-state index >= 15 is 0 Å². The molecule has 4 aromatic rings. The van der Waals surface area contributed by atoms with Crippen molar-refractivity contribution in [1.29, 1.82) is 0 Å². The fraction of sp³-hybridized carbons (Fsp3) is 0.407. The third-order valence-electron chi connectivity index (χ3n) is 6.91. The zero-order valence-electron chi connectivity index (χ0n) is 19.9. The molecule has 3 atom stereocenters. The second-order valence-electron chi connectivity index (χ2n) is 9.09. The van der Waals surface area contributed by atoms with Crippen molar-refractivity contribution >= 4 is 32.3 Å². The number of benzene rings is 2. The summed E-state index contributed by atoms with van der Waals surface area (Å²) in [6, 6.07) is 14.7. The van der Waals surface area contributed by atoms with Crippen LogP contribution in [0.2, 0.25) is 0 Å². The Morgan fingerprint density at radius 1 is 1.12 bits per heavy atom. The van der Waals surface area contributed by atoms with E-state index in [1.165, 1.54) is 9.58 Å². The summed E-state index contributed by atoms with van der Waals surface area (Å²) in [4.78, 5) is 6.98. The Kier molecular flexibility index (Phi) is 6.68. The molecule has 5 rings (SSSR count). The smallest absolute Gasteiger partial charge is 0.169 e. The quantitative estimate of drug-likeness (QED) is 0.353. The molecule has 2 N–H and O–H groups in total. The standard InChI is InChI=1S/C27H32N2O4S/c1-17-13-18(26-14-21-25(34-26)8-7-24(31-2)27(21)32-3)10-12-29(17)15-19(30)16-33-23-6-4-5-22-20(23)9-11-28-22/h4-9,11,14,17-19,28,30H,10,12-13,15-16H2,1-3H3/t17-,18-,19?/m0/s1. The van der Waals surface area contributed by atoms with Crippen LogP contribution in [-0.4, -0.2) is 61.1 Å². The van der Waals surface area contributed by atoms with E-state index in [1.54, 1.807) is 14.2 Å². The van der Waals surface area contributed by atoms with E-state index in [0.29, 0.717) is 18.5 Å². The van der Waals surface area contributed by atoms with E-state index in [0.717, 1.165) is 52.9 Å². The Balaban J connectivity index is 1.20. The number of aliphatic hydroxyl groups is 1. The van der Waals surface area contributed by atoms with Crippen LogP contribution < -0.4 is 14.2 Å². The second-order valence-corrected chi connectivity index (χ2v) is 10.2.